The number of aliphatic hydroxyl groups is 1. The van der Waals surface area contributed by atoms with Gasteiger partial charge in [0.05, 0.1) is 30.8 Å². The Morgan fingerprint density at radius 2 is 1.88 bits per heavy atom. The average Bonchev–Trinajstić information content (AvgIpc) is 3.38. The molecular weight excluding hydrogens is 336 g/mol. The number of hydrogen-bond donors (Lipinski definition) is 1. The van der Waals surface area contributed by atoms with Crippen LogP contribution in [0.15, 0.2) is 0 Å². The molecule has 6 nitrogen and oxygen atoms in total. The zero-order valence-electron chi connectivity index (χ0n) is 17.4. The SMILES string of the molecule is CC.CCOC(=O)C1CC1CC[C@@H](C)O[C@@H]1O[C@@H](C)[C@H](O)C[C@H]1CC.O. The number of carbonyl (C=O) groups excluding carboxylic acids is 1. The van der Waals surface area contributed by atoms with Crippen molar-refractivity contribution in [2.45, 2.75) is 98.2 Å². The number of rotatable bonds is 8. The Balaban J connectivity index is 0.00000201. The molecule has 0 bridgehead atoms. The normalized spacial score (nSPS) is 34.0. The van der Waals surface area contributed by atoms with Crippen LogP contribution in [0.4, 0.5) is 0 Å². The number of hydrogen-bond acceptors (Lipinski definition) is 5. The summed E-state index contributed by atoms with van der Waals surface area (Å²) in [6.07, 6.45) is 3.84. The summed E-state index contributed by atoms with van der Waals surface area (Å²) in [5, 5.41) is 9.92. The Bertz CT molecular complexity index is 388. The number of ether oxygens (including phenoxy) is 3. The molecule has 2 aliphatic rings. The van der Waals surface area contributed by atoms with E-state index in [1.807, 2.05) is 27.7 Å². The van der Waals surface area contributed by atoms with Crippen LogP contribution in [0.5, 0.6) is 0 Å². The number of esters is 1. The second-order valence-corrected chi connectivity index (χ2v) is 7.06. The molecule has 0 aromatic carbocycles. The van der Waals surface area contributed by atoms with Crippen molar-refractivity contribution in [3.8, 4) is 0 Å². The van der Waals surface area contributed by atoms with Crippen molar-refractivity contribution < 1.29 is 29.6 Å². The molecule has 1 heterocycles. The van der Waals surface area contributed by atoms with Gasteiger partial charge < -0.3 is 24.8 Å². The lowest BCUT2D eigenvalue weighted by Crippen LogP contribution is -2.45. The summed E-state index contributed by atoms with van der Waals surface area (Å²) in [6.45, 7) is 12.4. The summed E-state index contributed by atoms with van der Waals surface area (Å²) in [7, 11) is 0. The predicted molar refractivity (Wildman–Crippen MR) is 102 cm³/mol. The number of aliphatic hydroxyl groups excluding tert-OH is 1. The van der Waals surface area contributed by atoms with Crippen molar-refractivity contribution in [3.63, 3.8) is 0 Å². The van der Waals surface area contributed by atoms with Gasteiger partial charge in [0, 0.05) is 5.92 Å². The molecule has 156 valence electrons. The smallest absolute Gasteiger partial charge is 0.309 e. The van der Waals surface area contributed by atoms with E-state index in [2.05, 4.69) is 13.8 Å². The predicted octanol–water partition coefficient (Wildman–Crippen LogP) is 3.09. The van der Waals surface area contributed by atoms with Crippen molar-refractivity contribution >= 4 is 5.97 Å². The first-order valence-electron chi connectivity index (χ1n) is 10.1. The molecule has 26 heavy (non-hydrogen) atoms. The van der Waals surface area contributed by atoms with Gasteiger partial charge in [-0.15, -0.1) is 0 Å². The minimum atomic E-state index is -0.396. The summed E-state index contributed by atoms with van der Waals surface area (Å²) in [4.78, 5) is 11.6. The first-order valence-corrected chi connectivity index (χ1v) is 10.1. The molecule has 0 radical (unpaired) electrons. The highest BCUT2D eigenvalue weighted by Gasteiger charge is 2.44. The highest BCUT2D eigenvalue weighted by molar-refractivity contribution is 5.75. The maximum atomic E-state index is 11.6. The third-order valence-corrected chi connectivity index (χ3v) is 5.17. The van der Waals surface area contributed by atoms with Gasteiger partial charge in [-0.2, -0.15) is 0 Å². The van der Waals surface area contributed by atoms with Crippen molar-refractivity contribution in [1.82, 2.24) is 0 Å². The van der Waals surface area contributed by atoms with Gasteiger partial charge in [-0.25, -0.2) is 0 Å². The van der Waals surface area contributed by atoms with Crippen LogP contribution in [0.2, 0.25) is 0 Å². The van der Waals surface area contributed by atoms with Gasteiger partial charge in [0.15, 0.2) is 6.29 Å². The topological polar surface area (TPSA) is 96.5 Å². The number of carbonyl (C=O) groups is 1. The Morgan fingerprint density at radius 3 is 2.46 bits per heavy atom. The van der Waals surface area contributed by atoms with E-state index < -0.39 is 6.10 Å². The molecular formula is C20H40O6. The molecule has 7 atom stereocenters. The molecule has 1 saturated carbocycles. The molecule has 3 N–H and O–H groups in total. The zero-order valence-corrected chi connectivity index (χ0v) is 17.4. The van der Waals surface area contributed by atoms with Crippen LogP contribution in [-0.4, -0.2) is 47.8 Å². The highest BCUT2D eigenvalue weighted by atomic mass is 16.7. The van der Waals surface area contributed by atoms with Gasteiger partial charge in [0.2, 0.25) is 0 Å². The van der Waals surface area contributed by atoms with E-state index in [-0.39, 0.29) is 41.8 Å². The maximum absolute atomic E-state index is 11.6. The molecule has 1 aliphatic heterocycles. The van der Waals surface area contributed by atoms with Crippen LogP contribution >= 0.6 is 0 Å². The van der Waals surface area contributed by atoms with E-state index in [9.17, 15) is 9.90 Å². The fourth-order valence-electron chi connectivity index (χ4n) is 3.38. The van der Waals surface area contributed by atoms with E-state index in [0.717, 1.165) is 32.1 Å². The molecule has 2 rings (SSSR count). The third kappa shape index (κ3) is 7.51. The van der Waals surface area contributed by atoms with Crippen molar-refractivity contribution in [2.75, 3.05) is 6.61 Å². The molecule has 1 aliphatic carbocycles. The third-order valence-electron chi connectivity index (χ3n) is 5.17. The van der Waals surface area contributed by atoms with Gasteiger partial charge >= 0.3 is 5.97 Å². The monoisotopic (exact) mass is 376 g/mol. The van der Waals surface area contributed by atoms with Crippen LogP contribution in [0, 0.1) is 17.8 Å². The maximum Gasteiger partial charge on any atom is 0.309 e. The minimum absolute atomic E-state index is 0. The van der Waals surface area contributed by atoms with Gasteiger partial charge in [0.25, 0.3) is 0 Å². The van der Waals surface area contributed by atoms with Gasteiger partial charge in [-0.3, -0.25) is 4.79 Å². The molecule has 0 aromatic heterocycles. The van der Waals surface area contributed by atoms with E-state index in [0.29, 0.717) is 12.5 Å². The van der Waals surface area contributed by atoms with Crippen LogP contribution in [-0.2, 0) is 19.0 Å². The lowest BCUT2D eigenvalue weighted by Gasteiger charge is -2.38. The first kappa shape index (κ1) is 25.3. The lowest BCUT2D eigenvalue weighted by atomic mass is 9.92. The molecule has 0 spiro atoms. The molecule has 6 heteroatoms. The molecule has 2 unspecified atom stereocenters. The Hall–Kier alpha value is -0.690. The van der Waals surface area contributed by atoms with Crippen molar-refractivity contribution in [3.05, 3.63) is 0 Å². The van der Waals surface area contributed by atoms with Gasteiger partial charge in [0.1, 0.15) is 0 Å². The Morgan fingerprint density at radius 1 is 1.23 bits per heavy atom. The zero-order chi connectivity index (χ0) is 19.0. The first-order chi connectivity index (χ1) is 12.0. The van der Waals surface area contributed by atoms with Gasteiger partial charge in [-0.05, 0) is 58.8 Å². The fraction of sp³-hybridized carbons (Fsp3) is 0.950. The minimum Gasteiger partial charge on any atom is -0.466 e. The molecule has 1 saturated heterocycles. The fourth-order valence-corrected chi connectivity index (χ4v) is 3.38. The van der Waals surface area contributed by atoms with Crippen LogP contribution in [0.25, 0.3) is 0 Å². The summed E-state index contributed by atoms with van der Waals surface area (Å²) in [6, 6.07) is 0. The molecule has 0 aromatic rings. The van der Waals surface area contributed by atoms with Crippen molar-refractivity contribution in [1.29, 1.82) is 0 Å². The summed E-state index contributed by atoms with van der Waals surface area (Å²) < 4.78 is 17.0. The summed E-state index contributed by atoms with van der Waals surface area (Å²) in [5.74, 6) is 0.758. The second-order valence-electron chi connectivity index (χ2n) is 7.06. The Labute approximate surface area is 158 Å². The van der Waals surface area contributed by atoms with E-state index in [1.165, 1.54) is 0 Å². The van der Waals surface area contributed by atoms with E-state index in [1.54, 1.807) is 0 Å². The summed E-state index contributed by atoms with van der Waals surface area (Å²) in [5.41, 5.74) is 0. The van der Waals surface area contributed by atoms with Crippen LogP contribution in [0.1, 0.15) is 73.6 Å². The quantitative estimate of drug-likeness (QED) is 0.657. The lowest BCUT2D eigenvalue weighted by molar-refractivity contribution is -0.259. The van der Waals surface area contributed by atoms with E-state index >= 15 is 0 Å². The van der Waals surface area contributed by atoms with Crippen LogP contribution in [0.3, 0.4) is 0 Å². The van der Waals surface area contributed by atoms with Crippen LogP contribution < -0.4 is 0 Å². The Kier molecular flexibility index (Phi) is 12.3. The second kappa shape index (κ2) is 12.7. The van der Waals surface area contributed by atoms with Gasteiger partial charge in [-0.1, -0.05) is 20.8 Å². The summed E-state index contributed by atoms with van der Waals surface area (Å²) >= 11 is 0. The standard InChI is InChI=1S/C18H32O5.C2H6.H2O/c1-5-13-10-16(19)12(4)23-18(13)22-11(3)7-8-14-9-15(14)17(20)21-6-2;1-2;/h11-16,18-19H,5-10H2,1-4H3;1-2H3;1H2/t11-,12+,13-,14?,15?,16-,18-;;/m1../s1. The van der Waals surface area contributed by atoms with E-state index in [4.69, 9.17) is 14.2 Å². The average molecular weight is 377 g/mol. The van der Waals surface area contributed by atoms with Crippen molar-refractivity contribution in [2.24, 2.45) is 17.8 Å². The largest absolute Gasteiger partial charge is 0.466 e. The highest BCUT2D eigenvalue weighted by Crippen LogP contribution is 2.43. The molecule has 2 fully saturated rings. The molecule has 0 amide bonds.